The zero-order valence-electron chi connectivity index (χ0n) is 15.0. The van der Waals surface area contributed by atoms with Crippen LogP contribution in [0.25, 0.3) is 0 Å². The van der Waals surface area contributed by atoms with Crippen LogP contribution in [0.5, 0.6) is 0 Å². The summed E-state index contributed by atoms with van der Waals surface area (Å²) in [6.07, 6.45) is 6.47. The van der Waals surface area contributed by atoms with E-state index >= 15 is 0 Å². The number of likely N-dealkylation sites (tertiary alicyclic amines) is 2. The first-order chi connectivity index (χ1) is 11.1. The number of carbonyl (C=O) groups excluding carboxylic acids is 1. The molecule has 2 rings (SSSR count). The Morgan fingerprint density at radius 1 is 1.13 bits per heavy atom. The fraction of sp³-hybridized carbons (Fsp3) is 0.944. The normalized spacial score (nSPS) is 23.0. The van der Waals surface area contributed by atoms with Gasteiger partial charge in [-0.25, -0.2) is 4.79 Å². The third-order valence-electron chi connectivity index (χ3n) is 5.56. The number of rotatable bonds is 6. The maximum Gasteiger partial charge on any atom is 0.317 e. The van der Waals surface area contributed by atoms with E-state index in [0.29, 0.717) is 5.92 Å². The fourth-order valence-electron chi connectivity index (χ4n) is 3.64. The first kappa shape index (κ1) is 18.5. The molecule has 2 aliphatic heterocycles. The molecule has 0 aliphatic carbocycles. The van der Waals surface area contributed by atoms with Gasteiger partial charge < -0.3 is 20.2 Å². The summed E-state index contributed by atoms with van der Waals surface area (Å²) < 4.78 is 0. The summed E-state index contributed by atoms with van der Waals surface area (Å²) in [5.74, 6) is 1.25. The summed E-state index contributed by atoms with van der Waals surface area (Å²) in [4.78, 5) is 16.6. The molecule has 1 unspecified atom stereocenters. The first-order valence-corrected chi connectivity index (χ1v) is 9.49. The highest BCUT2D eigenvalue weighted by molar-refractivity contribution is 5.74. The summed E-state index contributed by atoms with van der Waals surface area (Å²) in [6.45, 7) is 10.2. The van der Waals surface area contributed by atoms with Gasteiger partial charge in [0.2, 0.25) is 0 Å². The maximum atomic E-state index is 12.1. The minimum atomic E-state index is -0.252. The van der Waals surface area contributed by atoms with Crippen molar-refractivity contribution in [2.75, 3.05) is 39.3 Å². The number of amides is 2. The quantitative estimate of drug-likeness (QED) is 0.737. The van der Waals surface area contributed by atoms with Gasteiger partial charge in [-0.2, -0.15) is 0 Å². The monoisotopic (exact) mass is 325 g/mol. The Bertz CT molecular complexity index is 346. The lowest BCUT2D eigenvalue weighted by Crippen LogP contribution is -2.46. The van der Waals surface area contributed by atoms with Crippen molar-refractivity contribution in [2.45, 2.75) is 58.5 Å². The number of carbonyl (C=O) groups is 1. The molecule has 0 aromatic rings. The van der Waals surface area contributed by atoms with Gasteiger partial charge in [0.15, 0.2) is 0 Å². The third-order valence-corrected chi connectivity index (χ3v) is 5.56. The van der Waals surface area contributed by atoms with Crippen molar-refractivity contribution in [3.05, 3.63) is 0 Å². The predicted octanol–water partition coefficient (Wildman–Crippen LogP) is 2.30. The Morgan fingerprint density at radius 2 is 1.78 bits per heavy atom. The minimum Gasteiger partial charge on any atom is -0.393 e. The molecular weight excluding hydrogens is 290 g/mol. The molecular formula is C18H35N3O2. The van der Waals surface area contributed by atoms with Crippen molar-refractivity contribution in [1.82, 2.24) is 15.1 Å². The fourth-order valence-corrected chi connectivity index (χ4v) is 3.64. The van der Waals surface area contributed by atoms with Gasteiger partial charge >= 0.3 is 6.03 Å². The number of nitrogens with one attached hydrogen (secondary N) is 1. The van der Waals surface area contributed by atoms with Crippen molar-refractivity contribution in [2.24, 2.45) is 11.8 Å². The predicted molar refractivity (Wildman–Crippen MR) is 93.4 cm³/mol. The van der Waals surface area contributed by atoms with Gasteiger partial charge in [0.25, 0.3) is 0 Å². The topological polar surface area (TPSA) is 55.8 Å². The Hall–Kier alpha value is -0.810. The molecule has 2 fully saturated rings. The van der Waals surface area contributed by atoms with E-state index in [1.165, 1.54) is 38.9 Å². The van der Waals surface area contributed by atoms with Crippen LogP contribution in [0.15, 0.2) is 0 Å². The second kappa shape index (κ2) is 9.48. The number of piperidine rings is 2. The summed E-state index contributed by atoms with van der Waals surface area (Å²) in [5.41, 5.74) is 0. The molecule has 2 amide bonds. The zero-order valence-corrected chi connectivity index (χ0v) is 15.0. The van der Waals surface area contributed by atoms with Crippen molar-refractivity contribution in [3.8, 4) is 0 Å². The number of aliphatic hydroxyl groups is 1. The minimum absolute atomic E-state index is 0.0702. The molecule has 2 aliphatic rings. The summed E-state index contributed by atoms with van der Waals surface area (Å²) in [5, 5.41) is 12.6. The Morgan fingerprint density at radius 3 is 2.39 bits per heavy atom. The molecule has 1 atom stereocenters. The van der Waals surface area contributed by atoms with E-state index in [2.05, 4.69) is 17.1 Å². The lowest BCUT2D eigenvalue weighted by Gasteiger charge is -2.33. The van der Waals surface area contributed by atoms with Gasteiger partial charge in [0.1, 0.15) is 0 Å². The number of aliphatic hydroxyl groups excluding tert-OH is 1. The number of nitrogens with zero attached hydrogens (tertiary/aromatic N) is 2. The second-order valence-corrected chi connectivity index (χ2v) is 7.53. The van der Waals surface area contributed by atoms with Gasteiger partial charge in [-0.05, 0) is 76.9 Å². The standard InChI is InChI=1S/C18H35N3O2/c1-15-5-11-20(12-6-15)10-4-3-9-19-18(23)21-13-7-17(8-14-21)16(2)22/h15-17,22H,3-14H2,1-2H3,(H,19,23). The highest BCUT2D eigenvalue weighted by Crippen LogP contribution is 2.20. The van der Waals surface area contributed by atoms with E-state index in [-0.39, 0.29) is 12.1 Å². The number of hydrogen-bond donors (Lipinski definition) is 2. The van der Waals surface area contributed by atoms with Gasteiger partial charge in [0.05, 0.1) is 6.10 Å². The van der Waals surface area contributed by atoms with Crippen molar-refractivity contribution in [3.63, 3.8) is 0 Å². The van der Waals surface area contributed by atoms with Crippen molar-refractivity contribution < 1.29 is 9.90 Å². The molecule has 0 radical (unpaired) electrons. The van der Waals surface area contributed by atoms with E-state index in [9.17, 15) is 9.90 Å². The molecule has 2 N–H and O–H groups in total. The maximum absolute atomic E-state index is 12.1. The summed E-state index contributed by atoms with van der Waals surface area (Å²) >= 11 is 0. The van der Waals surface area contributed by atoms with Crippen LogP contribution in [-0.2, 0) is 0 Å². The van der Waals surface area contributed by atoms with Crippen LogP contribution >= 0.6 is 0 Å². The number of unbranched alkanes of at least 4 members (excludes halogenated alkanes) is 1. The molecule has 0 aromatic carbocycles. The Kier molecular flexibility index (Phi) is 7.63. The van der Waals surface area contributed by atoms with E-state index in [4.69, 9.17) is 0 Å². The molecule has 23 heavy (non-hydrogen) atoms. The largest absolute Gasteiger partial charge is 0.393 e. The Labute approximate surface area is 141 Å². The van der Waals surface area contributed by atoms with Crippen molar-refractivity contribution >= 4 is 6.03 Å². The molecule has 5 nitrogen and oxygen atoms in total. The molecule has 0 aromatic heterocycles. The SMILES string of the molecule is CC1CCN(CCCCNC(=O)N2CCC(C(C)O)CC2)CC1. The van der Waals surface area contributed by atoms with Crippen LogP contribution in [-0.4, -0.2) is 66.3 Å². The van der Waals surface area contributed by atoms with Crippen LogP contribution in [0.2, 0.25) is 0 Å². The van der Waals surface area contributed by atoms with Crippen LogP contribution in [0.1, 0.15) is 52.4 Å². The lowest BCUT2D eigenvalue weighted by atomic mass is 9.92. The van der Waals surface area contributed by atoms with E-state index in [0.717, 1.165) is 44.8 Å². The average Bonchev–Trinajstić information content (AvgIpc) is 2.56. The van der Waals surface area contributed by atoms with Gasteiger partial charge in [-0.1, -0.05) is 6.92 Å². The van der Waals surface area contributed by atoms with Gasteiger partial charge in [0, 0.05) is 19.6 Å². The lowest BCUT2D eigenvalue weighted by molar-refractivity contribution is 0.0798. The highest BCUT2D eigenvalue weighted by Gasteiger charge is 2.25. The molecule has 0 saturated carbocycles. The molecule has 0 bridgehead atoms. The van der Waals surface area contributed by atoms with Crippen LogP contribution in [0.4, 0.5) is 4.79 Å². The van der Waals surface area contributed by atoms with Crippen LogP contribution < -0.4 is 5.32 Å². The molecule has 0 spiro atoms. The van der Waals surface area contributed by atoms with E-state index in [1.807, 2.05) is 11.8 Å². The van der Waals surface area contributed by atoms with Gasteiger partial charge in [-0.3, -0.25) is 0 Å². The van der Waals surface area contributed by atoms with Crippen LogP contribution in [0, 0.1) is 11.8 Å². The molecule has 134 valence electrons. The summed E-state index contributed by atoms with van der Waals surface area (Å²) in [6, 6.07) is 0.0702. The molecule has 2 heterocycles. The van der Waals surface area contributed by atoms with Crippen molar-refractivity contribution in [1.29, 1.82) is 0 Å². The Balaban J connectivity index is 1.50. The van der Waals surface area contributed by atoms with E-state index < -0.39 is 0 Å². The van der Waals surface area contributed by atoms with Crippen LogP contribution in [0.3, 0.4) is 0 Å². The second-order valence-electron chi connectivity index (χ2n) is 7.53. The van der Waals surface area contributed by atoms with E-state index in [1.54, 1.807) is 0 Å². The smallest absolute Gasteiger partial charge is 0.317 e. The molecule has 2 saturated heterocycles. The number of urea groups is 1. The highest BCUT2D eigenvalue weighted by atomic mass is 16.3. The molecule has 5 heteroatoms. The number of hydrogen-bond acceptors (Lipinski definition) is 3. The van der Waals surface area contributed by atoms with Gasteiger partial charge in [-0.15, -0.1) is 0 Å². The summed E-state index contributed by atoms with van der Waals surface area (Å²) in [7, 11) is 0. The average molecular weight is 325 g/mol. The zero-order chi connectivity index (χ0) is 16.7. The first-order valence-electron chi connectivity index (χ1n) is 9.49. The third kappa shape index (κ3) is 6.30.